The zero-order chi connectivity index (χ0) is 23.6. The molecule has 33 heavy (non-hydrogen) atoms. The van der Waals surface area contributed by atoms with Crippen LogP contribution < -0.4 is 5.32 Å². The van der Waals surface area contributed by atoms with Crippen molar-refractivity contribution in [1.29, 1.82) is 0 Å². The lowest BCUT2D eigenvalue weighted by Crippen LogP contribution is -2.49. The smallest absolute Gasteiger partial charge is 0.324 e. The van der Waals surface area contributed by atoms with Crippen LogP contribution in [-0.4, -0.2) is 28.4 Å². The number of fused-ring (bicyclic) bond motifs is 1. The maximum atomic E-state index is 12.1. The molecule has 0 radical (unpaired) electrons. The summed E-state index contributed by atoms with van der Waals surface area (Å²) >= 11 is 0. The van der Waals surface area contributed by atoms with E-state index in [4.69, 9.17) is 4.98 Å². The van der Waals surface area contributed by atoms with E-state index in [1.165, 1.54) is 27.2 Å². The number of amides is 3. The molecule has 1 N–H and O–H groups in total. The summed E-state index contributed by atoms with van der Waals surface area (Å²) in [6.07, 6.45) is 9.04. The molecule has 2 aliphatic carbocycles. The molecule has 0 unspecified atom stereocenters. The average Bonchev–Trinajstić information content (AvgIpc) is 3.56. The molecule has 0 spiro atoms. The summed E-state index contributed by atoms with van der Waals surface area (Å²) in [5.41, 5.74) is 7.47. The quantitative estimate of drug-likeness (QED) is 0.674. The van der Waals surface area contributed by atoms with Crippen molar-refractivity contribution in [1.82, 2.24) is 15.2 Å². The van der Waals surface area contributed by atoms with Crippen molar-refractivity contribution in [3.63, 3.8) is 0 Å². The van der Waals surface area contributed by atoms with Gasteiger partial charge < -0.3 is 5.32 Å². The Labute approximate surface area is 196 Å². The van der Waals surface area contributed by atoms with Crippen LogP contribution in [0.25, 0.3) is 0 Å². The van der Waals surface area contributed by atoms with E-state index in [2.05, 4.69) is 70.3 Å². The Morgan fingerprint density at radius 2 is 1.64 bits per heavy atom. The van der Waals surface area contributed by atoms with E-state index in [0.717, 1.165) is 24.1 Å². The highest BCUT2D eigenvalue weighted by Gasteiger charge is 2.49. The van der Waals surface area contributed by atoms with Gasteiger partial charge in [0.15, 0.2) is 0 Å². The van der Waals surface area contributed by atoms with Crippen LogP contribution in [0.5, 0.6) is 0 Å². The fourth-order valence-electron chi connectivity index (χ4n) is 5.44. The average molecular weight is 444 g/mol. The summed E-state index contributed by atoms with van der Waals surface area (Å²) in [6.45, 7) is 12.1. The van der Waals surface area contributed by atoms with Gasteiger partial charge in [0.2, 0.25) is 5.91 Å². The lowest BCUT2D eigenvalue weighted by atomic mass is 9.66. The SMILES string of the molecule is Cc1cc2c(cc1C1(c3ccc(CN4C(=O)CCNC4=O)cn3)CC1)C(C)(C)C=CC2(C)C. The number of carbonyl (C=O) groups is 2. The van der Waals surface area contributed by atoms with Crippen molar-refractivity contribution < 1.29 is 9.59 Å². The maximum Gasteiger partial charge on any atom is 0.324 e. The molecule has 5 rings (SSSR count). The van der Waals surface area contributed by atoms with Crippen molar-refractivity contribution in [2.24, 2.45) is 0 Å². The number of hydrogen-bond donors (Lipinski definition) is 1. The predicted molar refractivity (Wildman–Crippen MR) is 129 cm³/mol. The molecule has 1 aromatic carbocycles. The first-order chi connectivity index (χ1) is 15.5. The number of aryl methyl sites for hydroxylation is 1. The third-order valence-electron chi connectivity index (χ3n) is 7.75. The number of urea groups is 1. The number of pyridine rings is 1. The Balaban J connectivity index is 1.47. The monoisotopic (exact) mass is 443 g/mol. The second kappa shape index (κ2) is 7.28. The molecule has 3 aliphatic rings. The molecular weight excluding hydrogens is 410 g/mol. The normalized spacial score (nSPS) is 22.0. The van der Waals surface area contributed by atoms with E-state index >= 15 is 0 Å². The first-order valence-electron chi connectivity index (χ1n) is 11.9. The summed E-state index contributed by atoms with van der Waals surface area (Å²) in [5.74, 6) is -0.134. The van der Waals surface area contributed by atoms with E-state index in [-0.39, 0.29) is 34.7 Å². The maximum absolute atomic E-state index is 12.1. The van der Waals surface area contributed by atoms with Crippen molar-refractivity contribution in [2.45, 2.75) is 76.7 Å². The van der Waals surface area contributed by atoms with Crippen molar-refractivity contribution in [2.75, 3.05) is 6.54 Å². The number of rotatable bonds is 4. The second-order valence-electron chi connectivity index (χ2n) is 11.1. The van der Waals surface area contributed by atoms with Crippen LogP contribution in [0.15, 0.2) is 42.6 Å². The molecule has 5 nitrogen and oxygen atoms in total. The topological polar surface area (TPSA) is 62.3 Å². The van der Waals surface area contributed by atoms with Gasteiger partial charge in [0.25, 0.3) is 0 Å². The van der Waals surface area contributed by atoms with E-state index in [1.807, 2.05) is 12.3 Å². The predicted octanol–water partition coefficient (Wildman–Crippen LogP) is 5.04. The van der Waals surface area contributed by atoms with Crippen LogP contribution in [0.4, 0.5) is 4.79 Å². The van der Waals surface area contributed by atoms with E-state index < -0.39 is 0 Å². The Morgan fingerprint density at radius 1 is 0.970 bits per heavy atom. The number of benzene rings is 1. The highest BCUT2D eigenvalue weighted by Crippen LogP contribution is 2.55. The fourth-order valence-corrected chi connectivity index (χ4v) is 5.44. The molecular formula is C28H33N3O2. The van der Waals surface area contributed by atoms with Crippen molar-refractivity contribution >= 4 is 11.9 Å². The highest BCUT2D eigenvalue weighted by atomic mass is 16.2. The van der Waals surface area contributed by atoms with Gasteiger partial charge >= 0.3 is 6.03 Å². The molecule has 5 heteroatoms. The first kappa shape index (κ1) is 21.9. The molecule has 0 atom stereocenters. The molecule has 1 aromatic heterocycles. The summed E-state index contributed by atoms with van der Waals surface area (Å²) in [4.78, 5) is 30.3. The van der Waals surface area contributed by atoms with Gasteiger partial charge in [-0.2, -0.15) is 0 Å². The minimum absolute atomic E-state index is 0.00220. The van der Waals surface area contributed by atoms with Gasteiger partial charge in [-0.05, 0) is 53.6 Å². The van der Waals surface area contributed by atoms with Gasteiger partial charge in [-0.15, -0.1) is 0 Å². The van der Waals surface area contributed by atoms with Crippen LogP contribution in [0.2, 0.25) is 0 Å². The summed E-state index contributed by atoms with van der Waals surface area (Å²) < 4.78 is 0. The zero-order valence-corrected chi connectivity index (χ0v) is 20.3. The van der Waals surface area contributed by atoms with Gasteiger partial charge in [0.1, 0.15) is 0 Å². The third kappa shape index (κ3) is 3.58. The van der Waals surface area contributed by atoms with E-state index in [1.54, 1.807) is 0 Å². The molecule has 3 amide bonds. The Hall–Kier alpha value is -2.95. The summed E-state index contributed by atoms with van der Waals surface area (Å²) in [6, 6.07) is 8.61. The van der Waals surface area contributed by atoms with Crippen LogP contribution in [0.3, 0.4) is 0 Å². The Kier molecular flexibility index (Phi) is 4.82. The lowest BCUT2D eigenvalue weighted by Gasteiger charge is -2.38. The molecule has 0 bridgehead atoms. The molecule has 1 aliphatic heterocycles. The number of imide groups is 1. The number of nitrogens with zero attached hydrogens (tertiary/aromatic N) is 2. The fraction of sp³-hybridized carbons (Fsp3) is 0.464. The van der Waals surface area contributed by atoms with Gasteiger partial charge in [-0.1, -0.05) is 58.0 Å². The Bertz CT molecular complexity index is 1150. The van der Waals surface area contributed by atoms with Crippen molar-refractivity contribution in [3.8, 4) is 0 Å². The van der Waals surface area contributed by atoms with Gasteiger partial charge in [0.05, 0.1) is 12.2 Å². The van der Waals surface area contributed by atoms with Crippen molar-refractivity contribution in [3.05, 3.63) is 76.1 Å². The van der Waals surface area contributed by atoms with Gasteiger partial charge in [-0.3, -0.25) is 14.7 Å². The first-order valence-corrected chi connectivity index (χ1v) is 11.9. The third-order valence-corrected chi connectivity index (χ3v) is 7.75. The number of aromatic nitrogens is 1. The molecule has 172 valence electrons. The van der Waals surface area contributed by atoms with Crippen LogP contribution in [0.1, 0.15) is 80.5 Å². The number of allylic oxidation sites excluding steroid dienone is 2. The summed E-state index contributed by atoms with van der Waals surface area (Å²) in [5, 5.41) is 2.73. The van der Waals surface area contributed by atoms with E-state index in [9.17, 15) is 9.59 Å². The Morgan fingerprint density at radius 3 is 2.21 bits per heavy atom. The highest BCUT2D eigenvalue weighted by molar-refractivity contribution is 5.96. The summed E-state index contributed by atoms with van der Waals surface area (Å²) in [7, 11) is 0. The largest absolute Gasteiger partial charge is 0.337 e. The molecule has 2 aromatic rings. The number of nitrogens with one attached hydrogen (secondary N) is 1. The minimum Gasteiger partial charge on any atom is -0.337 e. The van der Waals surface area contributed by atoms with Gasteiger partial charge in [0, 0.05) is 35.4 Å². The second-order valence-corrected chi connectivity index (χ2v) is 11.1. The number of hydrogen-bond acceptors (Lipinski definition) is 3. The molecule has 2 heterocycles. The number of carbonyl (C=O) groups excluding carboxylic acids is 2. The van der Waals surface area contributed by atoms with Gasteiger partial charge in [-0.25, -0.2) is 4.79 Å². The van der Waals surface area contributed by atoms with E-state index in [0.29, 0.717) is 13.0 Å². The lowest BCUT2D eigenvalue weighted by molar-refractivity contribution is -0.129. The standard InChI is InChI=1S/C28H33N3O2/c1-18-14-21-22(27(4,5)10-9-26(21,2)3)15-20(18)28(11-12-28)23-7-6-19(16-30-23)17-31-24(32)8-13-29-25(31)33/h6-7,9-10,14-16H,8,11-13,17H2,1-5H3,(H,29,33). The van der Waals surface area contributed by atoms with Crippen LogP contribution in [0, 0.1) is 6.92 Å². The minimum atomic E-state index is -0.321. The van der Waals surface area contributed by atoms with Crippen LogP contribution in [-0.2, 0) is 27.6 Å². The molecule has 2 fully saturated rings. The zero-order valence-electron chi connectivity index (χ0n) is 20.3. The van der Waals surface area contributed by atoms with Crippen LogP contribution >= 0.6 is 0 Å². The molecule has 1 saturated heterocycles. The molecule has 1 saturated carbocycles.